The highest BCUT2D eigenvalue weighted by molar-refractivity contribution is 7.59. The molecule has 1 amide bonds. The molecule has 1 unspecified atom stereocenters. The van der Waals surface area contributed by atoms with Crippen LogP contribution in [0.1, 0.15) is 52.8 Å². The fourth-order valence-corrected chi connectivity index (χ4v) is 6.02. The Kier molecular flexibility index (Phi) is 9.14. The summed E-state index contributed by atoms with van der Waals surface area (Å²) in [7, 11) is 0. The van der Waals surface area contributed by atoms with Gasteiger partial charge in [0.05, 0.1) is 11.8 Å². The quantitative estimate of drug-likeness (QED) is 0.319. The Bertz CT molecular complexity index is 1420. The zero-order chi connectivity index (χ0) is 28.5. The monoisotopic (exact) mass is 594 g/mol. The van der Waals surface area contributed by atoms with Crippen molar-refractivity contribution in [2.24, 2.45) is 11.8 Å². The van der Waals surface area contributed by atoms with Crippen molar-refractivity contribution in [2.75, 3.05) is 31.5 Å². The first-order valence-electron chi connectivity index (χ1n) is 14.3. The third-order valence-corrected chi connectivity index (χ3v) is 8.56. The molecular formula is C30H38N6O5S. The fraction of sp³-hybridized carbons (Fsp3) is 0.500. The Labute approximate surface area is 252 Å². The number of carbonyl (C=O) groups excluding carboxylic acids is 2. The number of nitrogens with zero attached hydrogens (tertiary/aromatic N) is 5. The highest BCUT2D eigenvalue weighted by Crippen LogP contribution is 2.47. The molecule has 0 spiro atoms. The summed E-state index contributed by atoms with van der Waals surface area (Å²) in [4.78, 5) is 41.0. The Balaban J connectivity index is 0.00000353. The highest BCUT2D eigenvalue weighted by Gasteiger charge is 2.56. The van der Waals surface area contributed by atoms with Crippen LogP contribution < -0.4 is 10.1 Å². The lowest BCUT2D eigenvalue weighted by Gasteiger charge is -2.30. The smallest absolute Gasteiger partial charge is 0.219 e. The number of ether oxygens (including phenoxy) is 1. The molecule has 2 fully saturated rings. The van der Waals surface area contributed by atoms with Crippen molar-refractivity contribution in [3.63, 3.8) is 0 Å². The van der Waals surface area contributed by atoms with Crippen molar-refractivity contribution >= 4 is 31.0 Å². The zero-order valence-corrected chi connectivity index (χ0v) is 25.0. The number of carbonyl (C=O) groups is 2. The van der Waals surface area contributed by atoms with Crippen molar-refractivity contribution in [3.8, 4) is 5.75 Å². The second kappa shape index (κ2) is 12.8. The molecule has 1 saturated carbocycles. The molecule has 0 radical (unpaired) electrons. The average Bonchev–Trinajstić information content (AvgIpc) is 3.28. The molecule has 12 heteroatoms. The molecule has 2 aromatic heterocycles. The zero-order valence-electron chi connectivity index (χ0n) is 24.0. The number of aliphatic hydroxyl groups excluding tert-OH is 1. The second-order valence-corrected chi connectivity index (χ2v) is 11.4. The van der Waals surface area contributed by atoms with E-state index >= 15 is 0 Å². The SMILES string of the molecule is CC(=O)N1C[C@@H]2C(Nc3cc(C(=O)CC[C@H](O)CN4CCc5cc(OCc6ocnc6C)ccc5C4)ncn3)[C@@H]2C1.S. The van der Waals surface area contributed by atoms with E-state index in [0.717, 1.165) is 49.8 Å². The van der Waals surface area contributed by atoms with Gasteiger partial charge in [0.2, 0.25) is 5.91 Å². The molecular weight excluding hydrogens is 556 g/mol. The summed E-state index contributed by atoms with van der Waals surface area (Å²) in [5, 5.41) is 14.1. The first-order valence-corrected chi connectivity index (χ1v) is 14.3. The van der Waals surface area contributed by atoms with Crippen LogP contribution in [0.25, 0.3) is 0 Å². The number of β-amino-alcohol motifs (C(OH)–C–C–N with tert-alkyl or cyclic N) is 1. The summed E-state index contributed by atoms with van der Waals surface area (Å²) in [6, 6.07) is 8.09. The minimum Gasteiger partial charge on any atom is -0.486 e. The molecule has 6 rings (SSSR count). The van der Waals surface area contributed by atoms with Gasteiger partial charge in [0.15, 0.2) is 17.9 Å². The molecule has 11 nitrogen and oxygen atoms in total. The number of rotatable bonds is 11. The number of aromatic nitrogens is 3. The Morgan fingerprint density at radius 2 is 1.98 bits per heavy atom. The van der Waals surface area contributed by atoms with Crippen LogP contribution in [0.15, 0.2) is 41.4 Å². The van der Waals surface area contributed by atoms with E-state index in [1.807, 2.05) is 17.9 Å². The molecule has 2 aliphatic heterocycles. The number of ketones is 1. The van der Waals surface area contributed by atoms with Crippen molar-refractivity contribution in [2.45, 2.75) is 58.4 Å². The molecule has 224 valence electrons. The lowest BCUT2D eigenvalue weighted by Crippen LogP contribution is -2.36. The minimum absolute atomic E-state index is 0. The summed E-state index contributed by atoms with van der Waals surface area (Å²) in [6.07, 6.45) is 3.68. The van der Waals surface area contributed by atoms with E-state index in [4.69, 9.17) is 9.15 Å². The number of benzene rings is 1. The Hall–Kier alpha value is -3.48. The minimum atomic E-state index is -0.609. The van der Waals surface area contributed by atoms with Crippen molar-refractivity contribution in [3.05, 3.63) is 65.3 Å². The van der Waals surface area contributed by atoms with Crippen LogP contribution >= 0.6 is 13.5 Å². The van der Waals surface area contributed by atoms with Gasteiger partial charge in [0, 0.05) is 70.0 Å². The normalized spacial score (nSPS) is 21.6. The van der Waals surface area contributed by atoms with Gasteiger partial charge in [0.1, 0.15) is 30.2 Å². The maximum absolute atomic E-state index is 12.8. The summed E-state index contributed by atoms with van der Waals surface area (Å²) in [5.41, 5.74) is 3.65. The number of Topliss-reactive ketones (excluding diaryl/α,β-unsaturated/α-hetero) is 1. The lowest BCUT2D eigenvalue weighted by molar-refractivity contribution is -0.128. The van der Waals surface area contributed by atoms with Gasteiger partial charge in [-0.05, 0) is 43.0 Å². The maximum Gasteiger partial charge on any atom is 0.219 e. The summed E-state index contributed by atoms with van der Waals surface area (Å²) in [5.74, 6) is 3.05. The lowest BCUT2D eigenvalue weighted by atomic mass is 9.98. The van der Waals surface area contributed by atoms with E-state index in [9.17, 15) is 14.7 Å². The molecule has 3 aliphatic rings. The molecule has 0 bridgehead atoms. The standard InChI is InChI=1S/C30H36N6O5.H2S/c1-18-28(41-17-33-18)15-40-23-5-3-21-11-35(8-7-20(21)9-23)12-22(38)4-6-27(39)26-10-29(32-16-31-26)34-30-24-13-36(19(2)37)14-25(24)30;/h3,5,9-10,16-17,22,24-25,30,38H,4,6-8,11-15H2,1-2H3,(H,31,32,34);1H2/t22-,24-,25+,30?;/m0./s1. The van der Waals surface area contributed by atoms with Gasteiger partial charge in [-0.1, -0.05) is 6.07 Å². The number of anilines is 1. The van der Waals surface area contributed by atoms with Crippen LogP contribution in [0.4, 0.5) is 5.82 Å². The molecule has 4 heterocycles. The number of fused-ring (bicyclic) bond motifs is 2. The number of likely N-dealkylation sites (tertiary alicyclic amines) is 1. The van der Waals surface area contributed by atoms with Gasteiger partial charge in [-0.25, -0.2) is 15.0 Å². The van der Waals surface area contributed by atoms with E-state index in [1.54, 1.807) is 13.0 Å². The first-order chi connectivity index (χ1) is 19.8. The Morgan fingerprint density at radius 3 is 2.71 bits per heavy atom. The topological polar surface area (TPSA) is 134 Å². The van der Waals surface area contributed by atoms with Crippen LogP contribution in [-0.4, -0.2) is 79.9 Å². The van der Waals surface area contributed by atoms with Gasteiger partial charge >= 0.3 is 0 Å². The number of aryl methyl sites for hydroxylation is 1. The third-order valence-electron chi connectivity index (χ3n) is 8.56. The van der Waals surface area contributed by atoms with Gasteiger partial charge in [-0.15, -0.1) is 0 Å². The third kappa shape index (κ3) is 6.77. The first kappa shape index (κ1) is 30.0. The number of oxazole rings is 1. The molecule has 1 aliphatic carbocycles. The number of piperidine rings is 1. The number of hydrogen-bond acceptors (Lipinski definition) is 10. The van der Waals surface area contributed by atoms with Gasteiger partial charge in [-0.3, -0.25) is 14.5 Å². The molecule has 4 atom stereocenters. The average molecular weight is 595 g/mol. The highest BCUT2D eigenvalue weighted by atomic mass is 32.1. The van der Waals surface area contributed by atoms with Crippen LogP contribution in [0.2, 0.25) is 0 Å². The summed E-state index contributed by atoms with van der Waals surface area (Å²) in [6.45, 7) is 7.47. The van der Waals surface area contributed by atoms with E-state index in [2.05, 4.69) is 37.3 Å². The largest absolute Gasteiger partial charge is 0.486 e. The Morgan fingerprint density at radius 1 is 1.17 bits per heavy atom. The molecule has 3 aromatic rings. The summed E-state index contributed by atoms with van der Waals surface area (Å²) >= 11 is 0. The van der Waals surface area contributed by atoms with Gasteiger partial charge < -0.3 is 24.5 Å². The molecule has 1 aromatic carbocycles. The van der Waals surface area contributed by atoms with Gasteiger partial charge in [-0.2, -0.15) is 13.5 Å². The maximum atomic E-state index is 12.8. The number of nitrogens with one attached hydrogen (secondary N) is 1. The summed E-state index contributed by atoms with van der Waals surface area (Å²) < 4.78 is 11.2. The fourth-order valence-electron chi connectivity index (χ4n) is 6.02. The van der Waals surface area contributed by atoms with Crippen molar-refractivity contribution in [1.29, 1.82) is 0 Å². The van der Waals surface area contributed by atoms with Crippen LogP contribution in [-0.2, 0) is 24.4 Å². The van der Waals surface area contributed by atoms with Crippen molar-refractivity contribution < 1.29 is 23.8 Å². The predicted octanol–water partition coefficient (Wildman–Crippen LogP) is 2.74. The number of amides is 1. The van der Waals surface area contributed by atoms with Crippen molar-refractivity contribution in [1.82, 2.24) is 24.8 Å². The number of hydrogen-bond donors (Lipinski definition) is 2. The molecule has 1 saturated heterocycles. The second-order valence-electron chi connectivity index (χ2n) is 11.4. The van der Waals surface area contributed by atoms with Crippen LogP contribution in [0, 0.1) is 18.8 Å². The molecule has 2 N–H and O–H groups in total. The number of aliphatic hydroxyl groups is 1. The molecule has 42 heavy (non-hydrogen) atoms. The van der Waals surface area contributed by atoms with Gasteiger partial charge in [0.25, 0.3) is 0 Å². The van der Waals surface area contributed by atoms with Crippen LogP contribution in [0.5, 0.6) is 5.75 Å². The van der Waals surface area contributed by atoms with Crippen LogP contribution in [0.3, 0.4) is 0 Å². The predicted molar refractivity (Wildman–Crippen MR) is 160 cm³/mol. The van der Waals surface area contributed by atoms with E-state index in [1.165, 1.54) is 23.8 Å². The van der Waals surface area contributed by atoms with E-state index in [-0.39, 0.29) is 37.6 Å². The van der Waals surface area contributed by atoms with E-state index < -0.39 is 6.10 Å². The van der Waals surface area contributed by atoms with E-state index in [0.29, 0.717) is 42.9 Å².